The van der Waals surface area contributed by atoms with Crippen LogP contribution in [0.15, 0.2) is 23.6 Å². The van der Waals surface area contributed by atoms with Crippen LogP contribution in [0.4, 0.5) is 17.6 Å². The lowest BCUT2D eigenvalue weighted by Gasteiger charge is -2.35. The van der Waals surface area contributed by atoms with E-state index in [9.17, 15) is 18.0 Å². The zero-order chi connectivity index (χ0) is 26.5. The number of fused-ring (bicyclic) bond motifs is 1. The number of rotatable bonds is 8. The molecule has 1 N–H and O–H groups in total. The van der Waals surface area contributed by atoms with E-state index in [-0.39, 0.29) is 17.8 Å². The van der Waals surface area contributed by atoms with Crippen LogP contribution in [-0.4, -0.2) is 64.9 Å². The number of aryl methyl sites for hydroxylation is 1. The number of carbonyl (C=O) groups excluding carboxylic acids is 1. The molecule has 2 aromatic rings. The normalized spacial score (nSPS) is 23.0. The van der Waals surface area contributed by atoms with E-state index in [1.807, 2.05) is 12.3 Å². The Kier molecular flexibility index (Phi) is 8.84. The molecule has 0 spiro atoms. The van der Waals surface area contributed by atoms with Crippen LogP contribution in [0.25, 0.3) is 6.08 Å². The standard InChI is InChI=1S/C26H32F4N4O2S/c1-18-31-21(16-37-18)3-4-23(35)32-20-6-10-25(27,11-7-20)12-15-34-13-8-19-2-5-24(33-22(19)9-14-34)36-17-26(28,29)30/h2-5,16,20H,6-15,17H2,1H3,(H,32,35)/b4-3+/t20-,25+. The van der Waals surface area contributed by atoms with Crippen LogP contribution in [0.2, 0.25) is 0 Å². The second-order valence-electron chi connectivity index (χ2n) is 9.81. The first-order valence-corrected chi connectivity index (χ1v) is 13.5. The smallest absolute Gasteiger partial charge is 0.422 e. The molecule has 1 amide bonds. The lowest BCUT2D eigenvalue weighted by molar-refractivity contribution is -0.154. The molecule has 1 aliphatic heterocycles. The molecule has 1 saturated carbocycles. The number of aromatic nitrogens is 2. The molecule has 2 aromatic heterocycles. The van der Waals surface area contributed by atoms with Gasteiger partial charge in [0.1, 0.15) is 5.67 Å². The van der Waals surface area contributed by atoms with Crippen molar-refractivity contribution < 1.29 is 27.1 Å². The minimum atomic E-state index is -4.41. The Morgan fingerprint density at radius 1 is 1.24 bits per heavy atom. The fraction of sp³-hybridized carbons (Fsp3) is 0.577. The number of nitrogens with one attached hydrogen (secondary N) is 1. The van der Waals surface area contributed by atoms with Gasteiger partial charge in [0.25, 0.3) is 0 Å². The third-order valence-corrected chi connectivity index (χ3v) is 7.73. The van der Waals surface area contributed by atoms with Crippen molar-refractivity contribution in [3.8, 4) is 5.88 Å². The summed E-state index contributed by atoms with van der Waals surface area (Å²) in [5.74, 6) is -0.212. The monoisotopic (exact) mass is 540 g/mol. The van der Waals surface area contributed by atoms with E-state index in [1.54, 1.807) is 12.1 Å². The number of hydrogen-bond acceptors (Lipinski definition) is 6. The Hall–Kier alpha value is -2.53. The molecule has 4 rings (SSSR count). The van der Waals surface area contributed by atoms with Crippen molar-refractivity contribution >= 4 is 23.3 Å². The van der Waals surface area contributed by atoms with Gasteiger partial charge in [-0.3, -0.25) is 4.79 Å². The van der Waals surface area contributed by atoms with Gasteiger partial charge in [-0.25, -0.2) is 14.4 Å². The summed E-state index contributed by atoms with van der Waals surface area (Å²) >= 11 is 1.53. The molecule has 1 aliphatic carbocycles. The predicted octanol–water partition coefficient (Wildman–Crippen LogP) is 5.06. The second-order valence-corrected chi connectivity index (χ2v) is 10.9. The topological polar surface area (TPSA) is 67.4 Å². The molecular formula is C26H32F4N4O2S. The predicted molar refractivity (Wildman–Crippen MR) is 134 cm³/mol. The maximum absolute atomic E-state index is 15.5. The number of carbonyl (C=O) groups is 1. The molecule has 11 heteroatoms. The summed E-state index contributed by atoms with van der Waals surface area (Å²) in [4.78, 5) is 23.0. The van der Waals surface area contributed by atoms with E-state index in [0.717, 1.165) is 28.5 Å². The summed E-state index contributed by atoms with van der Waals surface area (Å²) in [7, 11) is 0. The first-order chi connectivity index (χ1) is 17.6. The maximum Gasteiger partial charge on any atom is 0.422 e. The van der Waals surface area contributed by atoms with Crippen molar-refractivity contribution in [1.29, 1.82) is 0 Å². The average molecular weight is 541 g/mol. The van der Waals surface area contributed by atoms with E-state index < -0.39 is 18.5 Å². The Balaban J connectivity index is 1.19. The molecule has 0 aromatic carbocycles. The van der Waals surface area contributed by atoms with E-state index in [2.05, 4.69) is 20.2 Å². The highest BCUT2D eigenvalue weighted by molar-refractivity contribution is 7.09. The highest BCUT2D eigenvalue weighted by Crippen LogP contribution is 2.35. The van der Waals surface area contributed by atoms with E-state index in [0.29, 0.717) is 58.0 Å². The van der Waals surface area contributed by atoms with Gasteiger partial charge in [0, 0.05) is 55.3 Å². The minimum absolute atomic E-state index is 0.0233. The molecular weight excluding hydrogens is 508 g/mol. The van der Waals surface area contributed by atoms with Crippen molar-refractivity contribution in [3.05, 3.63) is 45.5 Å². The first-order valence-electron chi connectivity index (χ1n) is 12.6. The Morgan fingerprint density at radius 2 is 2.00 bits per heavy atom. The van der Waals surface area contributed by atoms with E-state index in [4.69, 9.17) is 4.74 Å². The number of amides is 1. The van der Waals surface area contributed by atoms with E-state index >= 15 is 4.39 Å². The summed E-state index contributed by atoms with van der Waals surface area (Å²) in [5.41, 5.74) is 1.23. The molecule has 202 valence electrons. The molecule has 0 bridgehead atoms. The quantitative estimate of drug-likeness (QED) is 0.375. The van der Waals surface area contributed by atoms with Gasteiger partial charge in [-0.2, -0.15) is 13.2 Å². The number of alkyl halides is 4. The molecule has 6 nitrogen and oxygen atoms in total. The number of halogens is 4. The van der Waals surface area contributed by atoms with Crippen LogP contribution in [0.3, 0.4) is 0 Å². The van der Waals surface area contributed by atoms with Gasteiger partial charge in [-0.15, -0.1) is 11.3 Å². The lowest BCUT2D eigenvalue weighted by atomic mass is 9.81. The highest BCUT2D eigenvalue weighted by atomic mass is 32.1. The molecule has 0 saturated heterocycles. The summed E-state index contributed by atoms with van der Waals surface area (Å²) in [5, 5.41) is 5.80. The summed E-state index contributed by atoms with van der Waals surface area (Å²) in [6, 6.07) is 3.21. The van der Waals surface area contributed by atoms with Gasteiger partial charge in [-0.1, -0.05) is 6.07 Å². The van der Waals surface area contributed by atoms with Gasteiger partial charge in [0.2, 0.25) is 11.8 Å². The van der Waals surface area contributed by atoms with Crippen molar-refractivity contribution in [3.63, 3.8) is 0 Å². The van der Waals surface area contributed by atoms with Crippen LogP contribution in [0, 0.1) is 6.92 Å². The van der Waals surface area contributed by atoms with Crippen LogP contribution in [0.1, 0.15) is 54.1 Å². The van der Waals surface area contributed by atoms with Crippen LogP contribution in [-0.2, 0) is 17.6 Å². The summed E-state index contributed by atoms with van der Waals surface area (Å²) < 4.78 is 57.6. The maximum atomic E-state index is 15.5. The van der Waals surface area contributed by atoms with Crippen molar-refractivity contribution in [2.75, 3.05) is 26.2 Å². The van der Waals surface area contributed by atoms with Gasteiger partial charge in [0.15, 0.2) is 6.61 Å². The van der Waals surface area contributed by atoms with E-state index in [1.165, 1.54) is 23.5 Å². The largest absolute Gasteiger partial charge is 0.468 e. The molecule has 2 aliphatic rings. The number of pyridine rings is 1. The SMILES string of the molecule is Cc1nc(/C=C/C(=O)N[C@H]2CC[C@](F)(CCN3CCc4ccc(OCC(F)(F)F)nc4CC3)CC2)cs1. The lowest BCUT2D eigenvalue weighted by Crippen LogP contribution is -2.42. The van der Waals surface area contributed by atoms with Crippen molar-refractivity contribution in [2.24, 2.45) is 0 Å². The zero-order valence-corrected chi connectivity index (χ0v) is 21.6. The average Bonchev–Trinajstić information content (AvgIpc) is 3.16. The second kappa shape index (κ2) is 11.9. The number of thiazole rings is 1. The van der Waals surface area contributed by atoms with Gasteiger partial charge in [0.05, 0.1) is 10.7 Å². The molecule has 0 radical (unpaired) electrons. The molecule has 0 unspecified atom stereocenters. The first kappa shape index (κ1) is 27.5. The fourth-order valence-electron chi connectivity index (χ4n) is 4.82. The van der Waals surface area contributed by atoms with Crippen molar-refractivity contribution in [2.45, 2.75) is 69.8 Å². The van der Waals surface area contributed by atoms with Crippen LogP contribution < -0.4 is 10.1 Å². The number of nitrogens with zero attached hydrogens (tertiary/aromatic N) is 3. The van der Waals surface area contributed by atoms with Gasteiger partial charge < -0.3 is 15.0 Å². The zero-order valence-electron chi connectivity index (χ0n) is 20.8. The van der Waals surface area contributed by atoms with Gasteiger partial charge in [-0.05, 0) is 57.1 Å². The molecule has 1 fully saturated rings. The highest BCUT2D eigenvalue weighted by Gasteiger charge is 2.36. The third-order valence-electron chi connectivity index (χ3n) is 6.94. The van der Waals surface area contributed by atoms with Gasteiger partial charge >= 0.3 is 6.18 Å². The molecule has 37 heavy (non-hydrogen) atoms. The molecule has 3 heterocycles. The Bertz CT molecular complexity index is 1100. The van der Waals surface area contributed by atoms with Crippen LogP contribution >= 0.6 is 11.3 Å². The number of ether oxygens (including phenoxy) is 1. The summed E-state index contributed by atoms with van der Waals surface area (Å²) in [6.45, 7) is 2.57. The number of hydrogen-bond donors (Lipinski definition) is 1. The van der Waals surface area contributed by atoms with Crippen LogP contribution in [0.5, 0.6) is 5.88 Å². The Labute approximate surface area is 218 Å². The van der Waals surface area contributed by atoms with Crippen molar-refractivity contribution in [1.82, 2.24) is 20.2 Å². The Morgan fingerprint density at radius 3 is 2.70 bits per heavy atom. The molecule has 0 atom stereocenters. The third kappa shape index (κ3) is 8.49. The minimum Gasteiger partial charge on any atom is -0.468 e. The summed E-state index contributed by atoms with van der Waals surface area (Å²) in [6.07, 6.45) is 2.48. The fourth-order valence-corrected chi connectivity index (χ4v) is 5.40.